The standard InChI is InChI=1S/C24H32ClN3O4S/c1-6-18(3)26-24(30)19(4)28(15-20-10-8-7-9-17(20)2)23(29)16-27(5)33(31,32)22-13-11-21(25)12-14-22/h7-14,18-19H,6,15-16H2,1-5H3,(H,26,30)/t18-,19+/m1/s1. The van der Waals surface area contributed by atoms with E-state index in [0.29, 0.717) is 5.02 Å². The average molecular weight is 494 g/mol. The number of sulfonamides is 1. The summed E-state index contributed by atoms with van der Waals surface area (Å²) < 4.78 is 26.9. The third kappa shape index (κ3) is 7.03. The number of aryl methyl sites for hydroxylation is 1. The summed E-state index contributed by atoms with van der Waals surface area (Å²) >= 11 is 5.86. The second kappa shape index (κ2) is 11.6. The largest absolute Gasteiger partial charge is 0.352 e. The molecule has 2 atom stereocenters. The predicted molar refractivity (Wildman–Crippen MR) is 130 cm³/mol. The molecule has 0 aliphatic carbocycles. The van der Waals surface area contributed by atoms with Gasteiger partial charge in [-0.2, -0.15) is 4.31 Å². The van der Waals surface area contributed by atoms with Crippen molar-refractivity contribution in [2.75, 3.05) is 13.6 Å². The lowest BCUT2D eigenvalue weighted by Crippen LogP contribution is -2.52. The normalized spacial score (nSPS) is 13.4. The molecular formula is C24H32ClN3O4S. The Kier molecular flexibility index (Phi) is 9.46. The molecule has 7 nitrogen and oxygen atoms in total. The van der Waals surface area contributed by atoms with Gasteiger partial charge in [-0.3, -0.25) is 9.59 Å². The molecule has 0 aliphatic heterocycles. The van der Waals surface area contributed by atoms with E-state index in [4.69, 9.17) is 11.6 Å². The number of hydrogen-bond donors (Lipinski definition) is 1. The molecule has 1 N–H and O–H groups in total. The summed E-state index contributed by atoms with van der Waals surface area (Å²) in [5.41, 5.74) is 1.87. The maximum atomic E-state index is 13.3. The van der Waals surface area contributed by atoms with Crippen LogP contribution in [-0.4, -0.2) is 55.1 Å². The van der Waals surface area contributed by atoms with Gasteiger partial charge in [0.05, 0.1) is 11.4 Å². The van der Waals surface area contributed by atoms with Crippen molar-refractivity contribution >= 4 is 33.4 Å². The van der Waals surface area contributed by atoms with Crippen LogP contribution in [0.2, 0.25) is 5.02 Å². The smallest absolute Gasteiger partial charge is 0.243 e. The molecule has 0 saturated heterocycles. The van der Waals surface area contributed by atoms with Gasteiger partial charge < -0.3 is 10.2 Å². The molecular weight excluding hydrogens is 462 g/mol. The fourth-order valence-electron chi connectivity index (χ4n) is 3.17. The summed E-state index contributed by atoms with van der Waals surface area (Å²) in [6.07, 6.45) is 0.756. The lowest BCUT2D eigenvalue weighted by atomic mass is 10.1. The Labute approximate surface area is 201 Å². The van der Waals surface area contributed by atoms with E-state index >= 15 is 0 Å². The van der Waals surface area contributed by atoms with Gasteiger partial charge in [-0.05, 0) is 62.6 Å². The van der Waals surface area contributed by atoms with E-state index < -0.39 is 28.5 Å². The minimum absolute atomic E-state index is 0.0372. The SMILES string of the molecule is CC[C@@H](C)NC(=O)[C@H](C)N(Cc1ccccc1C)C(=O)CN(C)S(=O)(=O)c1ccc(Cl)cc1. The van der Waals surface area contributed by atoms with Crippen molar-refractivity contribution in [3.8, 4) is 0 Å². The van der Waals surface area contributed by atoms with E-state index in [1.54, 1.807) is 6.92 Å². The van der Waals surface area contributed by atoms with Crippen LogP contribution in [0.1, 0.15) is 38.3 Å². The van der Waals surface area contributed by atoms with Crippen molar-refractivity contribution in [2.24, 2.45) is 0 Å². The molecule has 9 heteroatoms. The molecule has 180 valence electrons. The fourth-order valence-corrected chi connectivity index (χ4v) is 4.42. The minimum atomic E-state index is -3.91. The highest BCUT2D eigenvalue weighted by molar-refractivity contribution is 7.89. The summed E-state index contributed by atoms with van der Waals surface area (Å²) in [5, 5.41) is 3.32. The molecule has 2 amide bonds. The third-order valence-electron chi connectivity index (χ3n) is 5.65. The number of hydrogen-bond acceptors (Lipinski definition) is 4. The van der Waals surface area contributed by atoms with E-state index in [1.807, 2.05) is 45.0 Å². The van der Waals surface area contributed by atoms with Gasteiger partial charge in [0.1, 0.15) is 6.04 Å². The zero-order valence-corrected chi connectivity index (χ0v) is 21.3. The minimum Gasteiger partial charge on any atom is -0.352 e. The van der Waals surface area contributed by atoms with Gasteiger partial charge in [0, 0.05) is 24.7 Å². The van der Waals surface area contributed by atoms with Crippen molar-refractivity contribution in [3.63, 3.8) is 0 Å². The monoisotopic (exact) mass is 493 g/mol. The lowest BCUT2D eigenvalue weighted by Gasteiger charge is -2.31. The van der Waals surface area contributed by atoms with E-state index in [-0.39, 0.29) is 23.4 Å². The summed E-state index contributed by atoms with van der Waals surface area (Å²) in [4.78, 5) is 27.6. The lowest BCUT2D eigenvalue weighted by molar-refractivity contribution is -0.140. The number of carbonyl (C=O) groups excluding carboxylic acids is 2. The molecule has 2 aromatic carbocycles. The van der Waals surface area contributed by atoms with Crippen LogP contribution in [-0.2, 0) is 26.2 Å². The first-order chi connectivity index (χ1) is 15.5. The first kappa shape index (κ1) is 26.8. The molecule has 0 radical (unpaired) electrons. The van der Waals surface area contributed by atoms with Crippen LogP contribution < -0.4 is 5.32 Å². The second-order valence-electron chi connectivity index (χ2n) is 8.16. The van der Waals surface area contributed by atoms with Crippen molar-refractivity contribution in [2.45, 2.75) is 57.6 Å². The molecule has 2 aromatic rings. The Morgan fingerprint density at radius 2 is 1.67 bits per heavy atom. The predicted octanol–water partition coefficient (Wildman–Crippen LogP) is 3.60. The summed E-state index contributed by atoms with van der Waals surface area (Å²) in [6, 6.07) is 12.5. The zero-order chi connectivity index (χ0) is 24.8. The Bertz CT molecular complexity index is 1070. The molecule has 2 rings (SSSR count). The summed E-state index contributed by atoms with van der Waals surface area (Å²) in [6.45, 7) is 7.22. The second-order valence-corrected chi connectivity index (χ2v) is 10.6. The van der Waals surface area contributed by atoms with Crippen molar-refractivity contribution in [3.05, 3.63) is 64.7 Å². The van der Waals surface area contributed by atoms with E-state index in [9.17, 15) is 18.0 Å². The Morgan fingerprint density at radius 1 is 1.06 bits per heavy atom. The van der Waals surface area contributed by atoms with Crippen molar-refractivity contribution in [1.82, 2.24) is 14.5 Å². The highest BCUT2D eigenvalue weighted by Gasteiger charge is 2.30. The first-order valence-electron chi connectivity index (χ1n) is 10.8. The highest BCUT2D eigenvalue weighted by atomic mass is 35.5. The number of benzene rings is 2. The number of likely N-dealkylation sites (N-methyl/N-ethyl adjacent to an activating group) is 1. The molecule has 0 saturated carbocycles. The van der Waals surface area contributed by atoms with Gasteiger partial charge in [-0.25, -0.2) is 8.42 Å². The van der Waals surface area contributed by atoms with Gasteiger partial charge in [-0.15, -0.1) is 0 Å². The number of nitrogens with zero attached hydrogens (tertiary/aromatic N) is 2. The topological polar surface area (TPSA) is 86.8 Å². The quantitative estimate of drug-likeness (QED) is 0.547. The number of amides is 2. The molecule has 33 heavy (non-hydrogen) atoms. The van der Waals surface area contributed by atoms with E-state index in [0.717, 1.165) is 21.9 Å². The van der Waals surface area contributed by atoms with Crippen LogP contribution >= 0.6 is 11.6 Å². The van der Waals surface area contributed by atoms with Gasteiger partial charge in [0.2, 0.25) is 21.8 Å². The van der Waals surface area contributed by atoms with Gasteiger partial charge >= 0.3 is 0 Å². The molecule has 0 bridgehead atoms. The number of nitrogens with one attached hydrogen (secondary N) is 1. The van der Waals surface area contributed by atoms with Crippen LogP contribution in [0.5, 0.6) is 0 Å². The van der Waals surface area contributed by atoms with Crippen LogP contribution in [0.25, 0.3) is 0 Å². The van der Waals surface area contributed by atoms with Crippen LogP contribution in [0.15, 0.2) is 53.4 Å². The first-order valence-corrected chi connectivity index (χ1v) is 12.6. The molecule has 0 aromatic heterocycles. The van der Waals surface area contributed by atoms with Crippen LogP contribution in [0.3, 0.4) is 0 Å². The number of halogens is 1. The van der Waals surface area contributed by atoms with E-state index in [2.05, 4.69) is 5.32 Å². The average Bonchev–Trinajstić information content (AvgIpc) is 2.78. The molecule has 0 heterocycles. The van der Waals surface area contributed by atoms with Gasteiger partial charge in [-0.1, -0.05) is 42.8 Å². The number of rotatable bonds is 10. The van der Waals surface area contributed by atoms with E-state index in [1.165, 1.54) is 36.2 Å². The van der Waals surface area contributed by atoms with Gasteiger partial charge in [0.25, 0.3) is 0 Å². The Hall–Kier alpha value is -2.42. The Balaban J connectivity index is 2.29. The van der Waals surface area contributed by atoms with Crippen molar-refractivity contribution in [1.29, 1.82) is 0 Å². The van der Waals surface area contributed by atoms with Crippen LogP contribution in [0, 0.1) is 6.92 Å². The maximum Gasteiger partial charge on any atom is 0.243 e. The fraction of sp³-hybridized carbons (Fsp3) is 0.417. The molecule has 0 unspecified atom stereocenters. The zero-order valence-electron chi connectivity index (χ0n) is 19.7. The molecule has 0 spiro atoms. The summed E-state index contributed by atoms with van der Waals surface area (Å²) in [5.74, 6) is -0.750. The summed E-state index contributed by atoms with van der Waals surface area (Å²) in [7, 11) is -2.56. The molecule has 0 aliphatic rings. The third-order valence-corrected chi connectivity index (χ3v) is 7.72. The Morgan fingerprint density at radius 3 is 2.24 bits per heavy atom. The molecule has 0 fully saturated rings. The maximum absolute atomic E-state index is 13.3. The van der Waals surface area contributed by atoms with Gasteiger partial charge in [0.15, 0.2) is 0 Å². The highest BCUT2D eigenvalue weighted by Crippen LogP contribution is 2.19. The van der Waals surface area contributed by atoms with Crippen molar-refractivity contribution < 1.29 is 18.0 Å². The van der Waals surface area contributed by atoms with Crippen LogP contribution in [0.4, 0.5) is 0 Å². The number of carbonyl (C=O) groups is 2.